The highest BCUT2D eigenvalue weighted by molar-refractivity contribution is 4.90. The predicted molar refractivity (Wildman–Crippen MR) is 110 cm³/mol. The van der Waals surface area contributed by atoms with Crippen LogP contribution in [0.25, 0.3) is 0 Å². The van der Waals surface area contributed by atoms with Crippen molar-refractivity contribution in [2.45, 2.75) is 133 Å². The van der Waals surface area contributed by atoms with Crippen LogP contribution in [-0.4, -0.2) is 37.5 Å². The van der Waals surface area contributed by atoms with Gasteiger partial charge in [0.05, 0.1) is 0 Å². The molecule has 9 heteroatoms. The van der Waals surface area contributed by atoms with E-state index in [-0.39, 0.29) is 19.1 Å². The highest BCUT2D eigenvalue weighted by atomic mass is 19.4. The molecule has 0 spiro atoms. The van der Waals surface area contributed by atoms with E-state index in [1.54, 1.807) is 0 Å². The minimum Gasteiger partial charge on any atom is -0.353 e. The van der Waals surface area contributed by atoms with E-state index in [4.69, 9.17) is 9.47 Å². The molecule has 1 rings (SSSR count). The molecule has 192 valence electrons. The maximum absolute atomic E-state index is 13.2. The molecule has 1 fully saturated rings. The molecule has 0 bridgehead atoms. The fraction of sp³-hybridized carbons (Fsp3) is 1.00. The highest BCUT2D eigenvalue weighted by Crippen LogP contribution is 2.48. The van der Waals surface area contributed by atoms with Gasteiger partial charge < -0.3 is 9.47 Å². The number of unbranched alkanes of at least 4 members (excludes halogenated alkanes) is 13. The number of ether oxygens (including phenoxy) is 2. The van der Waals surface area contributed by atoms with E-state index in [9.17, 15) is 30.7 Å². The molecule has 0 N–H and O–H groups in total. The Balaban J connectivity index is 1.82. The first-order valence-corrected chi connectivity index (χ1v) is 12.1. The number of alkyl halides is 7. The smallest absolute Gasteiger partial charge is 0.353 e. The molecule has 0 amide bonds. The molecule has 0 saturated carbocycles. The van der Waals surface area contributed by atoms with Crippen molar-refractivity contribution in [3.8, 4) is 0 Å². The summed E-state index contributed by atoms with van der Waals surface area (Å²) in [7, 11) is 0. The SMILES string of the molecule is FC(F)(F)C(F)(F)C(F)(F)CCCCCCCCCCCCCCCCOC1CCCO1. The van der Waals surface area contributed by atoms with Crippen LogP contribution in [0.15, 0.2) is 0 Å². The minimum absolute atomic E-state index is 0.0102. The zero-order valence-corrected chi connectivity index (χ0v) is 19.0. The van der Waals surface area contributed by atoms with Gasteiger partial charge in [-0.05, 0) is 19.3 Å². The van der Waals surface area contributed by atoms with Crippen molar-refractivity contribution in [2.24, 2.45) is 0 Å². The molecule has 1 aliphatic rings. The third-order valence-corrected chi connectivity index (χ3v) is 5.89. The summed E-state index contributed by atoms with van der Waals surface area (Å²) in [5.41, 5.74) is 0. The van der Waals surface area contributed by atoms with E-state index in [0.29, 0.717) is 6.42 Å². The first-order valence-electron chi connectivity index (χ1n) is 12.1. The molecular formula is C23H39F7O2. The lowest BCUT2D eigenvalue weighted by atomic mass is 10.0. The van der Waals surface area contributed by atoms with Crippen LogP contribution in [0, 0.1) is 0 Å². The lowest BCUT2D eigenvalue weighted by Crippen LogP contribution is -2.51. The summed E-state index contributed by atoms with van der Waals surface area (Å²) >= 11 is 0. The van der Waals surface area contributed by atoms with Crippen molar-refractivity contribution in [3.63, 3.8) is 0 Å². The topological polar surface area (TPSA) is 18.5 Å². The summed E-state index contributed by atoms with van der Waals surface area (Å²) in [6.07, 6.45) is 6.99. The fourth-order valence-electron chi connectivity index (χ4n) is 3.83. The molecule has 2 nitrogen and oxygen atoms in total. The molecule has 0 aromatic carbocycles. The third kappa shape index (κ3) is 11.5. The van der Waals surface area contributed by atoms with Gasteiger partial charge in [-0.15, -0.1) is 0 Å². The average molecular weight is 481 g/mol. The fourth-order valence-corrected chi connectivity index (χ4v) is 3.83. The predicted octanol–water partition coefficient (Wildman–Crippen LogP) is 8.82. The van der Waals surface area contributed by atoms with Crippen LogP contribution in [0.3, 0.4) is 0 Å². The van der Waals surface area contributed by atoms with Crippen LogP contribution < -0.4 is 0 Å². The van der Waals surface area contributed by atoms with E-state index in [2.05, 4.69) is 0 Å². The maximum Gasteiger partial charge on any atom is 0.459 e. The van der Waals surface area contributed by atoms with Gasteiger partial charge >= 0.3 is 18.0 Å². The standard InChI is InChI=1S/C23H39F7O2/c24-21(25,22(26,27)23(28,29)30)17-13-11-9-7-5-3-1-2-4-6-8-10-12-14-18-31-20-16-15-19-32-20/h20H,1-19H2. The van der Waals surface area contributed by atoms with Crippen molar-refractivity contribution in [1.29, 1.82) is 0 Å². The van der Waals surface area contributed by atoms with Gasteiger partial charge in [0, 0.05) is 26.1 Å². The van der Waals surface area contributed by atoms with E-state index in [1.807, 2.05) is 0 Å². The van der Waals surface area contributed by atoms with Crippen LogP contribution >= 0.6 is 0 Å². The summed E-state index contributed by atoms with van der Waals surface area (Å²) in [6, 6.07) is 0. The van der Waals surface area contributed by atoms with Gasteiger partial charge in [0.25, 0.3) is 0 Å². The van der Waals surface area contributed by atoms with Crippen LogP contribution in [0.4, 0.5) is 30.7 Å². The van der Waals surface area contributed by atoms with Crippen molar-refractivity contribution in [3.05, 3.63) is 0 Å². The van der Waals surface area contributed by atoms with Crippen LogP contribution in [0.1, 0.15) is 109 Å². The Bertz CT molecular complexity index is 464. The molecule has 0 aliphatic carbocycles. The number of halogens is 7. The maximum atomic E-state index is 13.2. The molecule has 1 unspecified atom stereocenters. The molecule has 0 aromatic heterocycles. The first-order chi connectivity index (χ1) is 15.1. The molecule has 32 heavy (non-hydrogen) atoms. The summed E-state index contributed by atoms with van der Waals surface area (Å²) in [6.45, 7) is 1.58. The normalized spacial score (nSPS) is 17.9. The summed E-state index contributed by atoms with van der Waals surface area (Å²) in [5.74, 6) is -11.0. The van der Waals surface area contributed by atoms with E-state index in [0.717, 1.165) is 64.6 Å². The van der Waals surface area contributed by atoms with Crippen molar-refractivity contribution in [1.82, 2.24) is 0 Å². The second-order valence-corrected chi connectivity index (χ2v) is 8.79. The second-order valence-electron chi connectivity index (χ2n) is 8.79. The minimum atomic E-state index is -6.23. The summed E-state index contributed by atoms with van der Waals surface area (Å²) in [4.78, 5) is 0. The van der Waals surface area contributed by atoms with Crippen LogP contribution in [-0.2, 0) is 9.47 Å². The average Bonchev–Trinajstić information content (AvgIpc) is 3.22. The lowest BCUT2D eigenvalue weighted by Gasteiger charge is -2.28. The Labute approximate surface area is 187 Å². The molecule has 0 radical (unpaired) electrons. The summed E-state index contributed by atoms with van der Waals surface area (Å²) < 4.78 is 99.0. The van der Waals surface area contributed by atoms with E-state index < -0.39 is 24.4 Å². The number of hydrogen-bond donors (Lipinski definition) is 0. The Hall–Kier alpha value is -0.570. The molecule has 1 atom stereocenters. The Kier molecular flexibility index (Phi) is 14.1. The Morgan fingerprint density at radius 2 is 1.06 bits per heavy atom. The van der Waals surface area contributed by atoms with Gasteiger partial charge in [0.1, 0.15) is 0 Å². The van der Waals surface area contributed by atoms with E-state index in [1.165, 1.54) is 32.1 Å². The largest absolute Gasteiger partial charge is 0.459 e. The third-order valence-electron chi connectivity index (χ3n) is 5.89. The molecular weight excluding hydrogens is 441 g/mol. The Morgan fingerprint density at radius 1 is 0.625 bits per heavy atom. The molecule has 1 saturated heterocycles. The number of hydrogen-bond acceptors (Lipinski definition) is 2. The van der Waals surface area contributed by atoms with Gasteiger partial charge in [-0.25, -0.2) is 0 Å². The zero-order valence-electron chi connectivity index (χ0n) is 19.0. The van der Waals surface area contributed by atoms with Gasteiger partial charge in [0.2, 0.25) is 0 Å². The lowest BCUT2D eigenvalue weighted by molar-refractivity contribution is -0.355. The van der Waals surface area contributed by atoms with Crippen LogP contribution in [0.2, 0.25) is 0 Å². The zero-order chi connectivity index (χ0) is 23.9. The van der Waals surface area contributed by atoms with Crippen molar-refractivity contribution < 1.29 is 40.2 Å². The highest BCUT2D eigenvalue weighted by Gasteiger charge is 2.72. The van der Waals surface area contributed by atoms with Crippen molar-refractivity contribution >= 4 is 0 Å². The molecule has 0 aromatic rings. The Morgan fingerprint density at radius 3 is 1.47 bits per heavy atom. The van der Waals surface area contributed by atoms with E-state index >= 15 is 0 Å². The van der Waals surface area contributed by atoms with Gasteiger partial charge in [0.15, 0.2) is 6.29 Å². The van der Waals surface area contributed by atoms with Crippen LogP contribution in [0.5, 0.6) is 0 Å². The van der Waals surface area contributed by atoms with Crippen molar-refractivity contribution in [2.75, 3.05) is 13.2 Å². The summed E-state index contributed by atoms with van der Waals surface area (Å²) in [5, 5.41) is 0. The molecule has 1 aliphatic heterocycles. The molecule has 1 heterocycles. The van der Waals surface area contributed by atoms with Gasteiger partial charge in [-0.3, -0.25) is 0 Å². The van der Waals surface area contributed by atoms with Gasteiger partial charge in [-0.2, -0.15) is 30.7 Å². The first kappa shape index (κ1) is 29.5. The number of rotatable bonds is 19. The quantitative estimate of drug-likeness (QED) is 0.136. The monoisotopic (exact) mass is 480 g/mol. The second kappa shape index (κ2) is 15.4. The van der Waals surface area contributed by atoms with Gasteiger partial charge in [-0.1, -0.05) is 77.0 Å².